The smallest absolute Gasteiger partial charge is 0.166 e. The number of likely N-dealkylation sites (N-methyl/N-ethyl adjacent to an activating group) is 1. The van der Waals surface area contributed by atoms with Gasteiger partial charge in [0.15, 0.2) is 5.11 Å². The number of nitrogens with zero attached hydrogens (tertiary/aromatic N) is 1. The summed E-state index contributed by atoms with van der Waals surface area (Å²) in [7, 11) is 2.17. The Morgan fingerprint density at radius 2 is 2.06 bits per heavy atom. The Labute approximate surface area is 111 Å². The van der Waals surface area contributed by atoms with E-state index in [4.69, 9.17) is 12.2 Å². The fourth-order valence-corrected chi connectivity index (χ4v) is 2.45. The van der Waals surface area contributed by atoms with Crippen molar-refractivity contribution in [3.63, 3.8) is 0 Å². The fraction of sp³-hybridized carbons (Fsp3) is 0.923. The molecule has 0 bridgehead atoms. The third-order valence-electron chi connectivity index (χ3n) is 3.78. The normalized spacial score (nSPS) is 18.4. The third kappa shape index (κ3) is 5.68. The van der Waals surface area contributed by atoms with Gasteiger partial charge >= 0.3 is 0 Å². The zero-order valence-electron chi connectivity index (χ0n) is 11.5. The number of hydrogen-bond donors (Lipinski definition) is 2. The first-order valence-electron chi connectivity index (χ1n) is 6.88. The van der Waals surface area contributed by atoms with Crippen LogP contribution in [0.3, 0.4) is 0 Å². The second-order valence-corrected chi connectivity index (χ2v) is 5.53. The van der Waals surface area contributed by atoms with Crippen molar-refractivity contribution in [2.24, 2.45) is 0 Å². The summed E-state index contributed by atoms with van der Waals surface area (Å²) in [6.07, 6.45) is 6.43. The Morgan fingerprint density at radius 1 is 1.41 bits per heavy atom. The highest BCUT2D eigenvalue weighted by Gasteiger charge is 2.15. The summed E-state index contributed by atoms with van der Waals surface area (Å²) in [4.78, 5) is 2.37. The molecule has 0 aromatic rings. The van der Waals surface area contributed by atoms with E-state index >= 15 is 0 Å². The molecule has 0 aromatic heterocycles. The summed E-state index contributed by atoms with van der Waals surface area (Å²) >= 11 is 5.30. The van der Waals surface area contributed by atoms with Crippen molar-refractivity contribution >= 4 is 17.3 Å². The minimum absolute atomic E-state index is 0.613. The Bertz CT molecular complexity index is 227. The first-order chi connectivity index (χ1) is 8.13. The van der Waals surface area contributed by atoms with Crippen molar-refractivity contribution in [3.05, 3.63) is 0 Å². The molecule has 0 radical (unpaired) electrons. The van der Waals surface area contributed by atoms with E-state index in [-0.39, 0.29) is 0 Å². The van der Waals surface area contributed by atoms with Gasteiger partial charge in [-0.1, -0.05) is 19.8 Å². The summed E-state index contributed by atoms with van der Waals surface area (Å²) < 4.78 is 0. The molecule has 0 aliphatic heterocycles. The molecule has 1 unspecified atom stereocenters. The maximum Gasteiger partial charge on any atom is 0.166 e. The van der Waals surface area contributed by atoms with Crippen LogP contribution in [0.1, 0.15) is 46.0 Å². The van der Waals surface area contributed by atoms with Gasteiger partial charge in [0, 0.05) is 25.2 Å². The van der Waals surface area contributed by atoms with Gasteiger partial charge in [-0.3, -0.25) is 0 Å². The highest BCUT2D eigenvalue weighted by molar-refractivity contribution is 7.80. The predicted octanol–water partition coefficient (Wildman–Crippen LogP) is 2.12. The summed E-state index contributed by atoms with van der Waals surface area (Å²) in [5.41, 5.74) is 0. The molecule has 1 saturated carbocycles. The van der Waals surface area contributed by atoms with Crippen LogP contribution in [-0.2, 0) is 0 Å². The lowest BCUT2D eigenvalue weighted by molar-refractivity contribution is 0.256. The van der Waals surface area contributed by atoms with Crippen LogP contribution in [0.5, 0.6) is 0 Å². The Kier molecular flexibility index (Phi) is 6.82. The van der Waals surface area contributed by atoms with Gasteiger partial charge in [-0.15, -0.1) is 0 Å². The molecule has 0 heterocycles. The molecule has 1 fully saturated rings. The number of hydrogen-bond acceptors (Lipinski definition) is 2. The number of rotatable bonds is 6. The van der Waals surface area contributed by atoms with E-state index in [0.29, 0.717) is 12.1 Å². The average Bonchev–Trinajstić information content (AvgIpc) is 2.80. The largest absolute Gasteiger partial charge is 0.361 e. The molecule has 100 valence electrons. The van der Waals surface area contributed by atoms with Crippen LogP contribution >= 0.6 is 12.2 Å². The molecule has 3 nitrogen and oxygen atoms in total. The van der Waals surface area contributed by atoms with Gasteiger partial charge in [-0.25, -0.2) is 0 Å². The van der Waals surface area contributed by atoms with E-state index in [1.165, 1.54) is 32.1 Å². The topological polar surface area (TPSA) is 27.3 Å². The Morgan fingerprint density at radius 3 is 2.65 bits per heavy atom. The van der Waals surface area contributed by atoms with Gasteiger partial charge in [0.25, 0.3) is 0 Å². The summed E-state index contributed by atoms with van der Waals surface area (Å²) in [5.74, 6) is 0. The predicted molar refractivity (Wildman–Crippen MR) is 78.4 cm³/mol. The SMILES string of the molecule is CCC(C)N(C)CCNC(=S)NC1CCCC1. The van der Waals surface area contributed by atoms with E-state index in [9.17, 15) is 0 Å². The lowest BCUT2D eigenvalue weighted by Gasteiger charge is -2.24. The summed E-state index contributed by atoms with van der Waals surface area (Å²) in [5, 5.41) is 7.52. The molecule has 4 heteroatoms. The van der Waals surface area contributed by atoms with Crippen molar-refractivity contribution in [1.29, 1.82) is 0 Å². The van der Waals surface area contributed by atoms with Crippen molar-refractivity contribution in [2.45, 2.75) is 58.0 Å². The number of nitrogens with one attached hydrogen (secondary N) is 2. The second-order valence-electron chi connectivity index (χ2n) is 5.12. The number of thiocarbonyl (C=S) groups is 1. The quantitative estimate of drug-likeness (QED) is 0.713. The van der Waals surface area contributed by atoms with Gasteiger partial charge < -0.3 is 15.5 Å². The van der Waals surface area contributed by atoms with Crippen LogP contribution in [0.25, 0.3) is 0 Å². The fourth-order valence-electron chi connectivity index (χ4n) is 2.18. The van der Waals surface area contributed by atoms with Crippen molar-refractivity contribution in [3.8, 4) is 0 Å². The molecule has 0 amide bonds. The van der Waals surface area contributed by atoms with Gasteiger partial charge in [-0.2, -0.15) is 0 Å². The molecule has 17 heavy (non-hydrogen) atoms. The van der Waals surface area contributed by atoms with Crippen LogP contribution in [0.4, 0.5) is 0 Å². The zero-order chi connectivity index (χ0) is 12.7. The summed E-state index contributed by atoms with van der Waals surface area (Å²) in [6.45, 7) is 6.46. The molecule has 1 atom stereocenters. The zero-order valence-corrected chi connectivity index (χ0v) is 12.3. The van der Waals surface area contributed by atoms with Crippen LogP contribution < -0.4 is 10.6 Å². The maximum atomic E-state index is 5.30. The van der Waals surface area contributed by atoms with E-state index in [0.717, 1.165) is 18.2 Å². The van der Waals surface area contributed by atoms with Gasteiger partial charge in [-0.05, 0) is 45.5 Å². The standard InChI is InChI=1S/C13H27N3S/c1-4-11(2)16(3)10-9-14-13(17)15-12-7-5-6-8-12/h11-12H,4-10H2,1-3H3,(H2,14,15,17). The van der Waals surface area contributed by atoms with Crippen LogP contribution in [0.2, 0.25) is 0 Å². The molecular weight excluding hydrogens is 230 g/mol. The van der Waals surface area contributed by atoms with Crippen molar-refractivity contribution < 1.29 is 0 Å². The molecule has 2 N–H and O–H groups in total. The van der Waals surface area contributed by atoms with Crippen LogP contribution in [0, 0.1) is 0 Å². The second kappa shape index (κ2) is 7.88. The Hall–Kier alpha value is -0.350. The van der Waals surface area contributed by atoms with Gasteiger partial charge in [0.05, 0.1) is 0 Å². The minimum atomic E-state index is 0.613. The molecule has 1 aliphatic carbocycles. The highest BCUT2D eigenvalue weighted by atomic mass is 32.1. The van der Waals surface area contributed by atoms with Crippen LogP contribution in [-0.4, -0.2) is 42.2 Å². The first kappa shape index (κ1) is 14.7. The van der Waals surface area contributed by atoms with E-state index < -0.39 is 0 Å². The molecule has 1 aliphatic rings. The van der Waals surface area contributed by atoms with E-state index in [1.54, 1.807) is 0 Å². The third-order valence-corrected chi connectivity index (χ3v) is 4.05. The average molecular weight is 257 g/mol. The summed E-state index contributed by atoms with van der Waals surface area (Å²) in [6, 6.07) is 1.26. The Balaban J connectivity index is 2.07. The first-order valence-corrected chi connectivity index (χ1v) is 7.29. The highest BCUT2D eigenvalue weighted by Crippen LogP contribution is 2.17. The van der Waals surface area contributed by atoms with Crippen molar-refractivity contribution in [1.82, 2.24) is 15.5 Å². The minimum Gasteiger partial charge on any atom is -0.361 e. The van der Waals surface area contributed by atoms with Crippen molar-refractivity contribution in [2.75, 3.05) is 20.1 Å². The molecule has 0 saturated heterocycles. The van der Waals surface area contributed by atoms with Gasteiger partial charge in [0.1, 0.15) is 0 Å². The monoisotopic (exact) mass is 257 g/mol. The van der Waals surface area contributed by atoms with Gasteiger partial charge in [0.2, 0.25) is 0 Å². The molecule has 0 aromatic carbocycles. The molecular formula is C13H27N3S. The molecule has 0 spiro atoms. The molecule has 1 rings (SSSR count). The lowest BCUT2D eigenvalue weighted by atomic mass is 10.2. The van der Waals surface area contributed by atoms with E-state index in [2.05, 4.69) is 36.4 Å². The van der Waals surface area contributed by atoms with Crippen LogP contribution in [0.15, 0.2) is 0 Å². The maximum absolute atomic E-state index is 5.30. The van der Waals surface area contributed by atoms with E-state index in [1.807, 2.05) is 0 Å². The lowest BCUT2D eigenvalue weighted by Crippen LogP contribution is -2.44.